The van der Waals surface area contributed by atoms with Crippen LogP contribution in [-0.4, -0.2) is 46.7 Å². The Morgan fingerprint density at radius 1 is 1.00 bits per heavy atom. The molecule has 0 radical (unpaired) electrons. The quantitative estimate of drug-likeness (QED) is 0.230. The van der Waals surface area contributed by atoms with Gasteiger partial charge in [-0.2, -0.15) is 0 Å². The first-order valence-corrected chi connectivity index (χ1v) is 15.2. The largest absolute Gasteiger partial charge is 0.489 e. The highest BCUT2D eigenvalue weighted by atomic mass is 16.5. The normalized spacial score (nSPS) is 17.4. The Morgan fingerprint density at radius 3 is 2.59 bits per heavy atom. The number of ether oxygens (including phenoxy) is 1. The van der Waals surface area contributed by atoms with Crippen LogP contribution in [0, 0.1) is 0 Å². The molecule has 0 heterocycles. The highest BCUT2D eigenvalue weighted by molar-refractivity contribution is 5.88. The van der Waals surface area contributed by atoms with Crippen LogP contribution in [0.25, 0.3) is 0 Å². The summed E-state index contributed by atoms with van der Waals surface area (Å²) in [7, 11) is 0. The Morgan fingerprint density at radius 2 is 1.80 bits per heavy atom. The predicted molar refractivity (Wildman–Crippen MR) is 163 cm³/mol. The third-order valence-electron chi connectivity index (χ3n) is 8.51. The van der Waals surface area contributed by atoms with Crippen molar-refractivity contribution < 1.29 is 24.5 Å². The zero-order chi connectivity index (χ0) is 29.2. The number of nitrogens with zero attached hydrogens (tertiary/aromatic N) is 1. The van der Waals surface area contributed by atoms with Gasteiger partial charge < -0.3 is 14.9 Å². The maximum Gasteiger partial charge on any atom is 0.335 e. The molecule has 2 aliphatic rings. The fourth-order valence-electron chi connectivity index (χ4n) is 6.24. The van der Waals surface area contributed by atoms with Crippen LogP contribution in [0.5, 0.6) is 5.75 Å². The van der Waals surface area contributed by atoms with Crippen molar-refractivity contribution in [3.63, 3.8) is 0 Å². The first-order valence-electron chi connectivity index (χ1n) is 15.2. The van der Waals surface area contributed by atoms with Crippen molar-refractivity contribution in [2.45, 2.75) is 90.5 Å². The fraction of sp³-hybridized carbons (Fsp3) is 0.486. The van der Waals surface area contributed by atoms with Crippen LogP contribution >= 0.6 is 0 Å². The molecule has 2 aromatic carbocycles. The molecule has 0 amide bonds. The number of hydrogen-bond donors (Lipinski definition) is 2. The summed E-state index contributed by atoms with van der Waals surface area (Å²) in [6, 6.07) is 14.0. The van der Waals surface area contributed by atoms with E-state index in [9.17, 15) is 14.7 Å². The SMILES string of the molecule is CC1=C(/C=C(\C)COc2ccccc2CCN(CCCCC(=O)O)C2CCCc3cc(C(=O)O)ccc32)CCCC1. The molecule has 0 aromatic heterocycles. The summed E-state index contributed by atoms with van der Waals surface area (Å²) < 4.78 is 6.34. The van der Waals surface area contributed by atoms with Gasteiger partial charge in [-0.15, -0.1) is 0 Å². The van der Waals surface area contributed by atoms with Crippen LogP contribution < -0.4 is 4.74 Å². The third kappa shape index (κ3) is 8.80. The second-order valence-electron chi connectivity index (χ2n) is 11.7. The summed E-state index contributed by atoms with van der Waals surface area (Å²) in [5.41, 5.74) is 8.03. The van der Waals surface area contributed by atoms with Crippen LogP contribution in [0.3, 0.4) is 0 Å². The lowest BCUT2D eigenvalue weighted by Crippen LogP contribution is -2.34. The average molecular weight is 560 g/mol. The number of rotatable bonds is 14. The van der Waals surface area contributed by atoms with E-state index in [0.29, 0.717) is 18.6 Å². The van der Waals surface area contributed by atoms with Gasteiger partial charge >= 0.3 is 11.9 Å². The van der Waals surface area contributed by atoms with Gasteiger partial charge in [0.15, 0.2) is 0 Å². The van der Waals surface area contributed by atoms with Crippen molar-refractivity contribution in [1.82, 2.24) is 4.90 Å². The molecule has 0 bridgehead atoms. The highest BCUT2D eigenvalue weighted by Crippen LogP contribution is 2.36. The molecule has 6 nitrogen and oxygen atoms in total. The number of aryl methyl sites for hydroxylation is 1. The van der Waals surface area contributed by atoms with E-state index in [1.807, 2.05) is 24.3 Å². The van der Waals surface area contributed by atoms with Crippen molar-refractivity contribution in [2.24, 2.45) is 0 Å². The van der Waals surface area contributed by atoms with Crippen LogP contribution in [0.2, 0.25) is 0 Å². The van der Waals surface area contributed by atoms with E-state index in [4.69, 9.17) is 9.84 Å². The summed E-state index contributed by atoms with van der Waals surface area (Å²) in [6.07, 6.45) is 12.6. The lowest BCUT2D eigenvalue weighted by Gasteiger charge is -2.36. The molecule has 1 unspecified atom stereocenters. The number of unbranched alkanes of at least 4 members (excludes halogenated alkanes) is 1. The Bertz CT molecular complexity index is 1280. The van der Waals surface area contributed by atoms with E-state index >= 15 is 0 Å². The highest BCUT2D eigenvalue weighted by Gasteiger charge is 2.27. The molecule has 220 valence electrons. The molecule has 41 heavy (non-hydrogen) atoms. The van der Waals surface area contributed by atoms with Gasteiger partial charge in [-0.05, 0) is 131 Å². The van der Waals surface area contributed by atoms with Crippen molar-refractivity contribution in [1.29, 1.82) is 0 Å². The summed E-state index contributed by atoms with van der Waals surface area (Å²) in [5, 5.41) is 18.6. The van der Waals surface area contributed by atoms with E-state index in [2.05, 4.69) is 37.0 Å². The molecule has 1 atom stereocenters. The Hall–Kier alpha value is -3.38. The second-order valence-corrected chi connectivity index (χ2v) is 11.7. The number of aliphatic carboxylic acids is 1. The molecule has 0 fully saturated rings. The minimum atomic E-state index is -0.896. The minimum Gasteiger partial charge on any atom is -0.489 e. The van der Waals surface area contributed by atoms with Gasteiger partial charge in [0.1, 0.15) is 12.4 Å². The van der Waals surface area contributed by atoms with Crippen LogP contribution in [0.15, 0.2) is 65.3 Å². The van der Waals surface area contributed by atoms with Gasteiger partial charge in [0.05, 0.1) is 5.56 Å². The number of allylic oxidation sites excluding steroid dienone is 3. The molecule has 0 saturated heterocycles. The maximum absolute atomic E-state index is 11.6. The van der Waals surface area contributed by atoms with Gasteiger partial charge in [0, 0.05) is 19.0 Å². The van der Waals surface area contributed by atoms with Crippen molar-refractivity contribution in [3.8, 4) is 5.75 Å². The zero-order valence-corrected chi connectivity index (χ0v) is 24.7. The predicted octanol–water partition coefficient (Wildman–Crippen LogP) is 7.78. The second kappa shape index (κ2) is 15.0. The summed E-state index contributed by atoms with van der Waals surface area (Å²) >= 11 is 0. The molecule has 4 rings (SSSR count). The molecule has 0 aliphatic heterocycles. The number of para-hydroxylation sites is 1. The number of benzene rings is 2. The van der Waals surface area contributed by atoms with Crippen LogP contribution in [-0.2, 0) is 17.6 Å². The van der Waals surface area contributed by atoms with Gasteiger partial charge in [-0.3, -0.25) is 9.69 Å². The van der Waals surface area contributed by atoms with Crippen LogP contribution in [0.4, 0.5) is 0 Å². The van der Waals surface area contributed by atoms with Crippen molar-refractivity contribution in [3.05, 3.63) is 87.5 Å². The van der Waals surface area contributed by atoms with Crippen molar-refractivity contribution in [2.75, 3.05) is 19.7 Å². The number of aromatic carboxylic acids is 1. The third-order valence-corrected chi connectivity index (χ3v) is 8.51. The molecular weight excluding hydrogens is 514 g/mol. The van der Waals surface area contributed by atoms with E-state index < -0.39 is 11.9 Å². The average Bonchev–Trinajstić information content (AvgIpc) is 2.96. The molecule has 2 N–H and O–H groups in total. The first kappa shape index (κ1) is 30.6. The summed E-state index contributed by atoms with van der Waals surface area (Å²) in [4.78, 5) is 25.1. The molecule has 2 aromatic rings. The zero-order valence-electron chi connectivity index (χ0n) is 24.7. The topological polar surface area (TPSA) is 87.1 Å². The Labute approximate surface area is 244 Å². The number of fused-ring (bicyclic) bond motifs is 1. The minimum absolute atomic E-state index is 0.178. The smallest absolute Gasteiger partial charge is 0.335 e. The van der Waals surface area contributed by atoms with E-state index in [1.165, 1.54) is 47.1 Å². The molecule has 2 aliphatic carbocycles. The van der Waals surface area contributed by atoms with Crippen LogP contribution in [0.1, 0.15) is 105 Å². The number of carbonyl (C=O) groups is 2. The lowest BCUT2D eigenvalue weighted by atomic mass is 9.85. The molecular formula is C35H45NO5. The molecule has 0 saturated carbocycles. The molecule has 0 spiro atoms. The van der Waals surface area contributed by atoms with Gasteiger partial charge in [-0.1, -0.05) is 35.9 Å². The summed E-state index contributed by atoms with van der Waals surface area (Å²) in [6.45, 7) is 6.58. The Kier molecular flexibility index (Phi) is 11.2. The van der Waals surface area contributed by atoms with Gasteiger partial charge in [0.25, 0.3) is 0 Å². The monoisotopic (exact) mass is 559 g/mol. The van der Waals surface area contributed by atoms with Gasteiger partial charge in [0.2, 0.25) is 0 Å². The standard InChI is InChI=1S/C35H45NO5/c1-25(22-28-12-4-3-10-26(28)2)24-41-33-15-6-5-11-27(33)19-21-36(20-8-7-16-34(37)38)32-14-9-13-29-23-30(35(39)40)17-18-31(29)32/h5-6,11,15,17-18,22-23,32H,3-4,7-10,12-14,16,19-21,24H2,1-2H3,(H,37,38)(H,39,40)/b25-22+. The van der Waals surface area contributed by atoms with E-state index in [1.54, 1.807) is 6.07 Å². The summed E-state index contributed by atoms with van der Waals surface area (Å²) in [5.74, 6) is -0.741. The molecule has 6 heteroatoms. The number of carboxylic acid groups (broad SMARTS) is 2. The lowest BCUT2D eigenvalue weighted by molar-refractivity contribution is -0.137. The van der Waals surface area contributed by atoms with Crippen molar-refractivity contribution >= 4 is 11.9 Å². The first-order chi connectivity index (χ1) is 19.8. The number of carboxylic acids is 2. The Balaban J connectivity index is 1.47. The number of hydrogen-bond acceptors (Lipinski definition) is 4. The maximum atomic E-state index is 11.6. The fourth-order valence-corrected chi connectivity index (χ4v) is 6.24. The van der Waals surface area contributed by atoms with E-state index in [-0.39, 0.29) is 12.5 Å². The van der Waals surface area contributed by atoms with Gasteiger partial charge in [-0.25, -0.2) is 4.79 Å². The van der Waals surface area contributed by atoms with E-state index in [0.717, 1.165) is 62.9 Å².